The number of nitrogens with zero attached hydrogens (tertiary/aromatic N) is 2. The molecule has 0 saturated carbocycles. The monoisotopic (exact) mass is 460 g/mol. The zero-order valence-electron chi connectivity index (χ0n) is 17.1. The number of benzene rings is 2. The average Bonchev–Trinajstić information content (AvgIpc) is 3.19. The van der Waals surface area contributed by atoms with E-state index in [9.17, 15) is 13.2 Å². The molecule has 0 aliphatic rings. The van der Waals surface area contributed by atoms with E-state index in [0.717, 1.165) is 11.3 Å². The van der Waals surface area contributed by atoms with Gasteiger partial charge in [-0.15, -0.1) is 10.2 Å². The van der Waals surface area contributed by atoms with Crippen LogP contribution in [0.5, 0.6) is 5.75 Å². The third-order valence-electron chi connectivity index (χ3n) is 4.24. The molecule has 0 unspecified atom stereocenters. The van der Waals surface area contributed by atoms with Crippen LogP contribution in [-0.2, 0) is 21.2 Å². The first-order valence-electron chi connectivity index (χ1n) is 9.79. The minimum Gasteiger partial charge on any atom is -0.494 e. The van der Waals surface area contributed by atoms with Gasteiger partial charge in [0, 0.05) is 19.4 Å². The van der Waals surface area contributed by atoms with Crippen LogP contribution in [-0.4, -0.2) is 37.7 Å². The number of amides is 1. The van der Waals surface area contributed by atoms with E-state index < -0.39 is 10.0 Å². The summed E-state index contributed by atoms with van der Waals surface area (Å²) in [4.78, 5) is 12.3. The molecular formula is C21H24N4O4S2. The number of hydrogen-bond acceptors (Lipinski definition) is 7. The molecular weight excluding hydrogens is 436 g/mol. The fourth-order valence-corrected chi connectivity index (χ4v) is 4.41. The zero-order chi connectivity index (χ0) is 22.1. The molecule has 3 aromatic rings. The lowest BCUT2D eigenvalue weighted by Crippen LogP contribution is -2.25. The van der Waals surface area contributed by atoms with Crippen molar-refractivity contribution in [3.63, 3.8) is 0 Å². The van der Waals surface area contributed by atoms with Crippen LogP contribution in [0.25, 0.3) is 0 Å². The third-order valence-corrected chi connectivity index (χ3v) is 6.61. The van der Waals surface area contributed by atoms with Crippen LogP contribution >= 0.6 is 11.3 Å². The largest absolute Gasteiger partial charge is 0.494 e. The molecule has 0 bridgehead atoms. The van der Waals surface area contributed by atoms with Gasteiger partial charge >= 0.3 is 0 Å². The van der Waals surface area contributed by atoms with Gasteiger partial charge in [0.25, 0.3) is 0 Å². The summed E-state index contributed by atoms with van der Waals surface area (Å²) in [5.41, 5.74) is 0.992. The number of sulfonamides is 1. The molecule has 3 rings (SSSR count). The number of ether oxygens (including phenoxy) is 1. The van der Waals surface area contributed by atoms with Gasteiger partial charge in [0.05, 0.1) is 11.5 Å². The van der Waals surface area contributed by atoms with Gasteiger partial charge in [-0.1, -0.05) is 47.2 Å². The molecule has 1 amide bonds. The summed E-state index contributed by atoms with van der Waals surface area (Å²) in [5.74, 6) is 0.606. The SMILES string of the molecule is Cc1ccc(S(=O)(=O)NCCc2nnc(NC(=O)CCCOc3ccccc3)s2)cc1. The smallest absolute Gasteiger partial charge is 0.240 e. The van der Waals surface area contributed by atoms with Gasteiger partial charge in [-0.05, 0) is 37.6 Å². The number of carbonyl (C=O) groups excluding carboxylic acids is 1. The van der Waals surface area contributed by atoms with Gasteiger partial charge in [0.1, 0.15) is 10.8 Å². The number of aromatic nitrogens is 2. The fraction of sp³-hybridized carbons (Fsp3) is 0.286. The molecule has 0 radical (unpaired) electrons. The van der Waals surface area contributed by atoms with E-state index in [-0.39, 0.29) is 17.3 Å². The van der Waals surface area contributed by atoms with Crippen molar-refractivity contribution in [2.75, 3.05) is 18.5 Å². The Labute approximate surface area is 185 Å². The second kappa shape index (κ2) is 11.0. The Morgan fingerprint density at radius 2 is 1.81 bits per heavy atom. The number of nitrogens with one attached hydrogen (secondary N) is 2. The molecule has 2 N–H and O–H groups in total. The molecule has 2 aromatic carbocycles. The van der Waals surface area contributed by atoms with Gasteiger partial charge in [0.15, 0.2) is 0 Å². The number of hydrogen-bond donors (Lipinski definition) is 2. The highest BCUT2D eigenvalue weighted by Crippen LogP contribution is 2.16. The maximum atomic E-state index is 12.3. The summed E-state index contributed by atoms with van der Waals surface area (Å²) < 4.78 is 32.7. The standard InChI is InChI=1S/C21H24N4O4S2/c1-16-9-11-18(12-10-16)31(27,28)22-14-13-20-24-25-21(30-20)23-19(26)8-5-15-29-17-6-3-2-4-7-17/h2-4,6-7,9-12,22H,5,8,13-15H2,1H3,(H,23,25,26). The number of rotatable bonds is 11. The number of carbonyl (C=O) groups is 1. The zero-order valence-corrected chi connectivity index (χ0v) is 18.7. The second-order valence-electron chi connectivity index (χ2n) is 6.78. The maximum Gasteiger partial charge on any atom is 0.240 e. The van der Waals surface area contributed by atoms with Crippen LogP contribution in [0.3, 0.4) is 0 Å². The Morgan fingerprint density at radius 1 is 1.06 bits per heavy atom. The molecule has 0 atom stereocenters. The quantitative estimate of drug-likeness (QED) is 0.425. The average molecular weight is 461 g/mol. The molecule has 31 heavy (non-hydrogen) atoms. The highest BCUT2D eigenvalue weighted by molar-refractivity contribution is 7.89. The number of aryl methyl sites for hydroxylation is 1. The van der Waals surface area contributed by atoms with Gasteiger partial charge in [-0.2, -0.15) is 0 Å². The molecule has 164 valence electrons. The Morgan fingerprint density at radius 3 is 2.55 bits per heavy atom. The van der Waals surface area contributed by atoms with Crippen molar-refractivity contribution in [2.24, 2.45) is 0 Å². The van der Waals surface area contributed by atoms with Gasteiger partial charge in [0.2, 0.25) is 21.1 Å². The lowest BCUT2D eigenvalue weighted by atomic mass is 10.2. The first-order chi connectivity index (χ1) is 14.9. The summed E-state index contributed by atoms with van der Waals surface area (Å²) in [6, 6.07) is 16.1. The van der Waals surface area contributed by atoms with E-state index in [0.29, 0.717) is 36.0 Å². The van der Waals surface area contributed by atoms with E-state index in [1.165, 1.54) is 11.3 Å². The summed E-state index contributed by atoms with van der Waals surface area (Å²) in [5, 5.41) is 11.7. The molecule has 1 aromatic heterocycles. The molecule has 0 aliphatic heterocycles. The second-order valence-corrected chi connectivity index (χ2v) is 9.60. The third kappa shape index (κ3) is 7.42. The molecule has 0 fully saturated rings. The normalized spacial score (nSPS) is 11.3. The van der Waals surface area contributed by atoms with Crippen molar-refractivity contribution in [1.82, 2.24) is 14.9 Å². The van der Waals surface area contributed by atoms with Crippen molar-refractivity contribution >= 4 is 32.4 Å². The first kappa shape index (κ1) is 22.9. The number of anilines is 1. The molecule has 0 aliphatic carbocycles. The van der Waals surface area contributed by atoms with Crippen molar-refractivity contribution in [2.45, 2.75) is 31.1 Å². The van der Waals surface area contributed by atoms with E-state index >= 15 is 0 Å². The van der Waals surface area contributed by atoms with E-state index in [4.69, 9.17) is 4.74 Å². The Hall–Kier alpha value is -2.82. The van der Waals surface area contributed by atoms with Crippen molar-refractivity contribution < 1.29 is 17.9 Å². The minimum atomic E-state index is -3.57. The topological polar surface area (TPSA) is 110 Å². The van der Waals surface area contributed by atoms with Gasteiger partial charge < -0.3 is 10.1 Å². The van der Waals surface area contributed by atoms with Crippen molar-refractivity contribution in [1.29, 1.82) is 0 Å². The predicted octanol–water partition coefficient (Wildman–Crippen LogP) is 3.17. The maximum absolute atomic E-state index is 12.3. The highest BCUT2D eigenvalue weighted by Gasteiger charge is 2.14. The first-order valence-corrected chi connectivity index (χ1v) is 12.1. The molecule has 1 heterocycles. The Balaban J connectivity index is 1.37. The molecule has 0 saturated heterocycles. The molecule has 10 heteroatoms. The number of para-hydroxylation sites is 1. The van der Waals surface area contributed by atoms with Crippen LogP contribution in [0.15, 0.2) is 59.5 Å². The van der Waals surface area contributed by atoms with E-state index in [1.54, 1.807) is 24.3 Å². The minimum absolute atomic E-state index is 0.167. The van der Waals surface area contributed by atoms with Gasteiger partial charge in [-0.25, -0.2) is 13.1 Å². The van der Waals surface area contributed by atoms with Crippen molar-refractivity contribution in [3.8, 4) is 5.75 Å². The van der Waals surface area contributed by atoms with E-state index in [2.05, 4.69) is 20.2 Å². The summed E-state index contributed by atoms with van der Waals surface area (Å²) in [6.07, 6.45) is 1.26. The fourth-order valence-electron chi connectivity index (χ4n) is 2.62. The lowest BCUT2D eigenvalue weighted by Gasteiger charge is -2.06. The van der Waals surface area contributed by atoms with Gasteiger partial charge in [-0.3, -0.25) is 4.79 Å². The predicted molar refractivity (Wildman–Crippen MR) is 120 cm³/mol. The summed E-state index contributed by atoms with van der Waals surface area (Å²) in [6.45, 7) is 2.53. The summed E-state index contributed by atoms with van der Waals surface area (Å²) in [7, 11) is -3.57. The molecule has 8 nitrogen and oxygen atoms in total. The van der Waals surface area contributed by atoms with Crippen LogP contribution in [0.2, 0.25) is 0 Å². The highest BCUT2D eigenvalue weighted by atomic mass is 32.2. The van der Waals surface area contributed by atoms with E-state index in [1.807, 2.05) is 37.3 Å². The Bertz CT molecular complexity index is 1080. The van der Waals surface area contributed by atoms with Crippen molar-refractivity contribution in [3.05, 3.63) is 65.2 Å². The Kier molecular flexibility index (Phi) is 8.10. The van der Waals surface area contributed by atoms with Crippen LogP contribution in [0.1, 0.15) is 23.4 Å². The lowest BCUT2D eigenvalue weighted by molar-refractivity contribution is -0.116. The molecule has 0 spiro atoms. The van der Waals surface area contributed by atoms with Crippen LogP contribution in [0, 0.1) is 6.92 Å². The summed E-state index contributed by atoms with van der Waals surface area (Å²) >= 11 is 1.23. The van der Waals surface area contributed by atoms with Crippen LogP contribution in [0.4, 0.5) is 5.13 Å². The van der Waals surface area contributed by atoms with Crippen LogP contribution < -0.4 is 14.8 Å².